The molecule has 1 N–H and O–H groups in total. The molecule has 1 fully saturated rings. The third kappa shape index (κ3) is 4.78. The highest BCUT2D eigenvalue weighted by Gasteiger charge is 2.31. The summed E-state index contributed by atoms with van der Waals surface area (Å²) >= 11 is 0. The molecule has 2 aromatic carbocycles. The van der Waals surface area contributed by atoms with Gasteiger partial charge < -0.3 is 10.1 Å². The summed E-state index contributed by atoms with van der Waals surface area (Å²) < 4.78 is 5.16. The first-order chi connectivity index (χ1) is 13.6. The third-order valence-corrected chi connectivity index (χ3v) is 5.27. The van der Waals surface area contributed by atoms with Crippen molar-refractivity contribution in [3.8, 4) is 11.1 Å². The molecule has 5 nitrogen and oxygen atoms in total. The first kappa shape index (κ1) is 20.1. The maximum atomic E-state index is 12.9. The number of hydrogen-bond donors (Lipinski definition) is 1. The quantitative estimate of drug-likeness (QED) is 0.771. The third-order valence-electron chi connectivity index (χ3n) is 5.27. The van der Waals surface area contributed by atoms with Crippen LogP contribution >= 0.6 is 0 Å². The van der Waals surface area contributed by atoms with Crippen molar-refractivity contribution in [3.63, 3.8) is 0 Å². The first-order valence-electron chi connectivity index (χ1n) is 9.96. The second-order valence-electron chi connectivity index (χ2n) is 7.16. The lowest BCUT2D eigenvalue weighted by atomic mass is 9.96. The van der Waals surface area contributed by atoms with Crippen molar-refractivity contribution in [1.29, 1.82) is 0 Å². The Hall–Kier alpha value is -2.66. The minimum absolute atomic E-state index is 0.0621. The van der Waals surface area contributed by atoms with Crippen molar-refractivity contribution in [2.45, 2.75) is 32.7 Å². The van der Waals surface area contributed by atoms with Gasteiger partial charge in [0.25, 0.3) is 0 Å². The number of rotatable bonds is 6. The van der Waals surface area contributed by atoms with Crippen molar-refractivity contribution in [3.05, 3.63) is 54.6 Å². The Morgan fingerprint density at radius 2 is 1.86 bits per heavy atom. The van der Waals surface area contributed by atoms with Crippen molar-refractivity contribution in [2.75, 3.05) is 25.0 Å². The van der Waals surface area contributed by atoms with E-state index in [1.165, 1.54) is 0 Å². The molecule has 3 rings (SSSR count). The zero-order valence-corrected chi connectivity index (χ0v) is 16.6. The maximum absolute atomic E-state index is 12.9. The van der Waals surface area contributed by atoms with Crippen molar-refractivity contribution < 1.29 is 14.3 Å². The van der Waals surface area contributed by atoms with Gasteiger partial charge in [-0.15, -0.1) is 0 Å². The summed E-state index contributed by atoms with van der Waals surface area (Å²) in [6.45, 7) is 5.48. The fraction of sp³-hybridized carbons (Fsp3) is 0.391. The fourth-order valence-electron chi connectivity index (χ4n) is 3.68. The van der Waals surface area contributed by atoms with Crippen molar-refractivity contribution in [1.82, 2.24) is 4.90 Å². The van der Waals surface area contributed by atoms with Gasteiger partial charge in [0, 0.05) is 17.8 Å². The van der Waals surface area contributed by atoms with Crippen LogP contribution in [0.25, 0.3) is 11.1 Å². The van der Waals surface area contributed by atoms with E-state index >= 15 is 0 Å². The van der Waals surface area contributed by atoms with Crippen LogP contribution in [0, 0.1) is 5.92 Å². The number of amides is 1. The number of carbonyl (C=O) groups is 2. The van der Waals surface area contributed by atoms with E-state index in [-0.39, 0.29) is 23.8 Å². The Kier molecular flexibility index (Phi) is 6.82. The summed E-state index contributed by atoms with van der Waals surface area (Å²) in [7, 11) is 0. The lowest BCUT2D eigenvalue weighted by Gasteiger charge is -2.35. The highest BCUT2D eigenvalue weighted by atomic mass is 16.5. The Balaban J connectivity index is 1.69. The van der Waals surface area contributed by atoms with E-state index in [9.17, 15) is 9.59 Å². The number of likely N-dealkylation sites (tertiary alicyclic amines) is 1. The topological polar surface area (TPSA) is 58.6 Å². The van der Waals surface area contributed by atoms with Crippen LogP contribution < -0.4 is 5.32 Å². The van der Waals surface area contributed by atoms with Gasteiger partial charge in [-0.3, -0.25) is 14.5 Å². The Morgan fingerprint density at radius 1 is 1.14 bits per heavy atom. The van der Waals surface area contributed by atoms with E-state index in [4.69, 9.17) is 4.74 Å². The molecule has 0 unspecified atom stereocenters. The van der Waals surface area contributed by atoms with E-state index in [2.05, 4.69) is 10.2 Å². The number of para-hydroxylation sites is 1. The second-order valence-corrected chi connectivity index (χ2v) is 7.16. The Bertz CT molecular complexity index is 807. The van der Waals surface area contributed by atoms with Crippen LogP contribution in [-0.4, -0.2) is 42.5 Å². The number of piperidine rings is 1. The SMILES string of the molecule is CCOC(=O)[C@H]1CCCN([C@@H](C)C(=O)Nc2ccccc2-c2ccccc2)C1. The largest absolute Gasteiger partial charge is 0.466 e. The number of carbonyl (C=O) groups excluding carboxylic acids is 2. The molecule has 1 aliphatic heterocycles. The molecule has 148 valence electrons. The van der Waals surface area contributed by atoms with Gasteiger partial charge in [-0.1, -0.05) is 48.5 Å². The summed E-state index contributed by atoms with van der Waals surface area (Å²) in [6, 6.07) is 17.5. The smallest absolute Gasteiger partial charge is 0.310 e. The fourth-order valence-corrected chi connectivity index (χ4v) is 3.68. The van der Waals surface area contributed by atoms with E-state index < -0.39 is 0 Å². The summed E-state index contributed by atoms with van der Waals surface area (Å²) in [4.78, 5) is 27.1. The predicted octanol–water partition coefficient (Wildman–Crippen LogP) is 3.96. The minimum Gasteiger partial charge on any atom is -0.466 e. The number of hydrogen-bond acceptors (Lipinski definition) is 4. The molecule has 2 aromatic rings. The Labute approximate surface area is 166 Å². The molecule has 0 bridgehead atoms. The molecule has 1 saturated heterocycles. The van der Waals surface area contributed by atoms with Gasteiger partial charge in [0.05, 0.1) is 18.6 Å². The second kappa shape index (κ2) is 9.51. The van der Waals surface area contributed by atoms with E-state index in [0.717, 1.165) is 36.2 Å². The summed E-state index contributed by atoms with van der Waals surface area (Å²) in [5.74, 6) is -0.373. The Morgan fingerprint density at radius 3 is 2.61 bits per heavy atom. The van der Waals surface area contributed by atoms with Crippen molar-refractivity contribution in [2.24, 2.45) is 5.92 Å². The molecule has 0 spiro atoms. The van der Waals surface area contributed by atoms with Crippen LogP contribution in [0.5, 0.6) is 0 Å². The van der Waals surface area contributed by atoms with Crippen LogP contribution in [-0.2, 0) is 14.3 Å². The molecule has 1 amide bonds. The van der Waals surface area contributed by atoms with Gasteiger partial charge in [-0.05, 0) is 44.9 Å². The molecule has 0 radical (unpaired) electrons. The predicted molar refractivity (Wildman–Crippen MR) is 111 cm³/mol. The molecular formula is C23H28N2O3. The molecule has 5 heteroatoms. The number of ether oxygens (including phenoxy) is 1. The van der Waals surface area contributed by atoms with Gasteiger partial charge in [0.15, 0.2) is 0 Å². The number of esters is 1. The highest BCUT2D eigenvalue weighted by Crippen LogP contribution is 2.28. The van der Waals surface area contributed by atoms with Crippen LogP contribution in [0.4, 0.5) is 5.69 Å². The molecule has 0 aromatic heterocycles. The monoisotopic (exact) mass is 380 g/mol. The number of nitrogens with one attached hydrogen (secondary N) is 1. The summed E-state index contributed by atoms with van der Waals surface area (Å²) in [6.07, 6.45) is 1.71. The lowest BCUT2D eigenvalue weighted by Crippen LogP contribution is -2.48. The number of benzene rings is 2. The van der Waals surface area contributed by atoms with Gasteiger partial charge in [0.1, 0.15) is 0 Å². The molecule has 28 heavy (non-hydrogen) atoms. The number of anilines is 1. The zero-order chi connectivity index (χ0) is 19.9. The van der Waals surface area contributed by atoms with Crippen LogP contribution in [0.2, 0.25) is 0 Å². The van der Waals surface area contributed by atoms with Gasteiger partial charge >= 0.3 is 5.97 Å². The zero-order valence-electron chi connectivity index (χ0n) is 16.6. The van der Waals surface area contributed by atoms with Gasteiger partial charge in [0.2, 0.25) is 5.91 Å². The van der Waals surface area contributed by atoms with Crippen LogP contribution in [0.15, 0.2) is 54.6 Å². The number of nitrogens with zero attached hydrogens (tertiary/aromatic N) is 1. The van der Waals surface area contributed by atoms with Crippen molar-refractivity contribution >= 4 is 17.6 Å². The average molecular weight is 380 g/mol. The van der Waals surface area contributed by atoms with Crippen LogP contribution in [0.3, 0.4) is 0 Å². The summed E-state index contributed by atoms with van der Waals surface area (Å²) in [5, 5.41) is 3.08. The standard InChI is InChI=1S/C23H28N2O3/c1-3-28-23(27)19-12-9-15-25(16-19)17(2)22(26)24-21-14-8-7-13-20(21)18-10-5-4-6-11-18/h4-8,10-11,13-14,17,19H,3,9,12,15-16H2,1-2H3,(H,24,26)/t17-,19-/m0/s1. The highest BCUT2D eigenvalue weighted by molar-refractivity contribution is 5.98. The average Bonchev–Trinajstić information content (AvgIpc) is 2.74. The molecular weight excluding hydrogens is 352 g/mol. The lowest BCUT2D eigenvalue weighted by molar-refractivity contribution is -0.150. The first-order valence-corrected chi connectivity index (χ1v) is 9.96. The molecule has 0 saturated carbocycles. The van der Waals surface area contributed by atoms with E-state index in [0.29, 0.717) is 13.2 Å². The van der Waals surface area contributed by atoms with E-state index in [1.54, 1.807) is 0 Å². The normalized spacial score (nSPS) is 18.3. The van der Waals surface area contributed by atoms with E-state index in [1.807, 2.05) is 68.4 Å². The van der Waals surface area contributed by atoms with Gasteiger partial charge in [-0.2, -0.15) is 0 Å². The molecule has 1 aliphatic rings. The molecule has 1 heterocycles. The summed E-state index contributed by atoms with van der Waals surface area (Å²) in [5.41, 5.74) is 2.85. The van der Waals surface area contributed by atoms with Crippen LogP contribution in [0.1, 0.15) is 26.7 Å². The minimum atomic E-state index is -0.318. The molecule has 0 aliphatic carbocycles. The maximum Gasteiger partial charge on any atom is 0.310 e. The van der Waals surface area contributed by atoms with Gasteiger partial charge in [-0.25, -0.2) is 0 Å². The molecule has 2 atom stereocenters.